The molecule has 0 fully saturated rings. The van der Waals surface area contributed by atoms with Gasteiger partial charge in [0.15, 0.2) is 11.5 Å². The number of amides is 1. The van der Waals surface area contributed by atoms with Crippen molar-refractivity contribution in [3.8, 4) is 11.5 Å². The highest BCUT2D eigenvalue weighted by Crippen LogP contribution is 2.31. The second-order valence-electron chi connectivity index (χ2n) is 4.58. The number of rotatable bonds is 5. The molecule has 0 spiro atoms. The summed E-state index contributed by atoms with van der Waals surface area (Å²) < 4.78 is 11.2. The van der Waals surface area contributed by atoms with E-state index in [0.29, 0.717) is 18.0 Å². The number of nitrogens with zero attached hydrogens (tertiary/aromatic N) is 1. The average Bonchev–Trinajstić information content (AvgIpc) is 2.46. The Morgan fingerprint density at radius 3 is 2.89 bits per heavy atom. The molecule has 1 N–H and O–H groups in total. The molecule has 104 valence electrons. The summed E-state index contributed by atoms with van der Waals surface area (Å²) in [7, 11) is 3.69. The molecule has 0 radical (unpaired) electrons. The molecule has 1 heterocycles. The third-order valence-corrected chi connectivity index (χ3v) is 3.08. The molecule has 1 aromatic rings. The highest BCUT2D eigenvalue weighted by Gasteiger charge is 2.29. The normalized spacial score (nSPS) is 17.1. The van der Waals surface area contributed by atoms with Gasteiger partial charge in [-0.2, -0.15) is 0 Å². The lowest BCUT2D eigenvalue weighted by Crippen LogP contribution is -2.45. The largest absolute Gasteiger partial charge is 0.485 e. The Bertz CT molecular complexity index is 436. The smallest absolute Gasteiger partial charge is 0.267 e. The van der Waals surface area contributed by atoms with E-state index in [1.807, 2.05) is 31.3 Å². The number of fused-ring (bicyclic) bond motifs is 1. The van der Waals surface area contributed by atoms with E-state index in [0.717, 1.165) is 13.0 Å². The van der Waals surface area contributed by atoms with Gasteiger partial charge in [-0.15, -0.1) is 0 Å². The van der Waals surface area contributed by atoms with Crippen LogP contribution < -0.4 is 14.8 Å². The Labute approximate surface area is 113 Å². The lowest BCUT2D eigenvalue weighted by Gasteiger charge is -2.28. The third-order valence-electron chi connectivity index (χ3n) is 3.08. The molecule has 5 nitrogen and oxygen atoms in total. The van der Waals surface area contributed by atoms with Gasteiger partial charge >= 0.3 is 0 Å². The van der Waals surface area contributed by atoms with E-state index in [-0.39, 0.29) is 12.5 Å². The number of carbonyl (C=O) groups is 1. The molecule has 0 saturated carbocycles. The van der Waals surface area contributed by atoms with Crippen LogP contribution in [0.2, 0.25) is 0 Å². The third kappa shape index (κ3) is 3.38. The van der Waals surface area contributed by atoms with Gasteiger partial charge in [0, 0.05) is 13.6 Å². The van der Waals surface area contributed by atoms with Crippen molar-refractivity contribution in [2.24, 2.45) is 0 Å². The van der Waals surface area contributed by atoms with Crippen molar-refractivity contribution in [2.45, 2.75) is 12.5 Å². The Balaban J connectivity index is 1.91. The minimum Gasteiger partial charge on any atom is -0.485 e. The molecule has 1 atom stereocenters. The number of likely N-dealkylation sites (N-methyl/N-ethyl adjacent to an activating group) is 1. The van der Waals surface area contributed by atoms with Crippen LogP contribution >= 0.6 is 0 Å². The van der Waals surface area contributed by atoms with Gasteiger partial charge < -0.3 is 19.7 Å². The topological polar surface area (TPSA) is 50.8 Å². The van der Waals surface area contributed by atoms with Gasteiger partial charge in [-0.1, -0.05) is 12.1 Å². The first-order chi connectivity index (χ1) is 9.22. The Hall–Kier alpha value is -1.75. The van der Waals surface area contributed by atoms with Crippen molar-refractivity contribution in [1.82, 2.24) is 10.2 Å². The number of carbonyl (C=O) groups excluding carboxylic acids is 1. The maximum absolute atomic E-state index is 12.2. The van der Waals surface area contributed by atoms with Crippen LogP contribution in [0.25, 0.3) is 0 Å². The van der Waals surface area contributed by atoms with Crippen LogP contribution in [0.3, 0.4) is 0 Å². The van der Waals surface area contributed by atoms with E-state index in [1.165, 1.54) is 0 Å². The van der Waals surface area contributed by atoms with Crippen molar-refractivity contribution in [1.29, 1.82) is 0 Å². The van der Waals surface area contributed by atoms with Gasteiger partial charge in [0.1, 0.15) is 6.61 Å². The zero-order valence-electron chi connectivity index (χ0n) is 11.4. The van der Waals surface area contributed by atoms with E-state index < -0.39 is 6.10 Å². The summed E-state index contributed by atoms with van der Waals surface area (Å²) in [6.07, 6.45) is 0.373. The van der Waals surface area contributed by atoms with E-state index in [1.54, 1.807) is 11.9 Å². The van der Waals surface area contributed by atoms with Gasteiger partial charge in [-0.05, 0) is 32.1 Å². The van der Waals surface area contributed by atoms with E-state index in [4.69, 9.17) is 9.47 Å². The maximum Gasteiger partial charge on any atom is 0.267 e. The van der Waals surface area contributed by atoms with Gasteiger partial charge in [0.25, 0.3) is 5.91 Å². The average molecular weight is 264 g/mol. The standard InChI is InChI=1S/C14H20N2O3/c1-15-8-5-9-16(2)14(17)13-10-18-11-6-3-4-7-12(11)19-13/h3-4,6-7,13,15H,5,8-10H2,1-2H3. The van der Waals surface area contributed by atoms with Crippen LogP contribution in [-0.2, 0) is 4.79 Å². The second-order valence-corrected chi connectivity index (χ2v) is 4.58. The number of ether oxygens (including phenoxy) is 2. The van der Waals surface area contributed by atoms with Crippen LogP contribution in [0, 0.1) is 0 Å². The Kier molecular flexibility index (Phi) is 4.63. The monoisotopic (exact) mass is 264 g/mol. The number of hydrogen-bond acceptors (Lipinski definition) is 4. The quantitative estimate of drug-likeness (QED) is 0.803. The fourth-order valence-corrected chi connectivity index (χ4v) is 1.99. The minimum absolute atomic E-state index is 0.0365. The van der Waals surface area contributed by atoms with E-state index in [2.05, 4.69) is 5.32 Å². The number of benzene rings is 1. The van der Waals surface area contributed by atoms with Gasteiger partial charge in [0.05, 0.1) is 0 Å². The van der Waals surface area contributed by atoms with Crippen molar-refractivity contribution in [3.05, 3.63) is 24.3 Å². The molecule has 1 aliphatic heterocycles. The highest BCUT2D eigenvalue weighted by atomic mass is 16.6. The summed E-state index contributed by atoms with van der Waals surface area (Å²) in [5.74, 6) is 1.30. The molecule has 0 aliphatic carbocycles. The lowest BCUT2D eigenvalue weighted by molar-refractivity contribution is -0.139. The van der Waals surface area contributed by atoms with Crippen molar-refractivity contribution >= 4 is 5.91 Å². The van der Waals surface area contributed by atoms with E-state index in [9.17, 15) is 4.79 Å². The minimum atomic E-state index is -0.547. The van der Waals surface area contributed by atoms with Crippen molar-refractivity contribution < 1.29 is 14.3 Å². The molecule has 2 rings (SSSR count). The molecular formula is C14H20N2O3. The van der Waals surface area contributed by atoms with Crippen molar-refractivity contribution in [3.63, 3.8) is 0 Å². The van der Waals surface area contributed by atoms with Crippen LogP contribution in [0.4, 0.5) is 0 Å². The van der Waals surface area contributed by atoms with E-state index >= 15 is 0 Å². The molecule has 19 heavy (non-hydrogen) atoms. The van der Waals surface area contributed by atoms with Crippen molar-refractivity contribution in [2.75, 3.05) is 33.8 Å². The first kappa shape index (κ1) is 13.7. The van der Waals surface area contributed by atoms with Gasteiger partial charge in [0.2, 0.25) is 6.10 Å². The summed E-state index contributed by atoms with van der Waals surface area (Å²) in [5.41, 5.74) is 0. The number of hydrogen-bond donors (Lipinski definition) is 1. The predicted octanol–water partition coefficient (Wildman–Crippen LogP) is 0.894. The first-order valence-corrected chi connectivity index (χ1v) is 6.50. The number of para-hydroxylation sites is 2. The summed E-state index contributed by atoms with van der Waals surface area (Å²) in [6, 6.07) is 7.41. The molecule has 0 saturated heterocycles. The molecule has 5 heteroatoms. The summed E-state index contributed by atoms with van der Waals surface area (Å²) in [4.78, 5) is 13.9. The number of nitrogens with one attached hydrogen (secondary N) is 1. The SMILES string of the molecule is CNCCCN(C)C(=O)C1COc2ccccc2O1. The van der Waals surface area contributed by atoms with Crippen LogP contribution in [0.1, 0.15) is 6.42 Å². The molecule has 1 aliphatic rings. The fourth-order valence-electron chi connectivity index (χ4n) is 1.99. The van der Waals surface area contributed by atoms with Gasteiger partial charge in [-0.25, -0.2) is 0 Å². The highest BCUT2D eigenvalue weighted by molar-refractivity contribution is 5.81. The predicted molar refractivity (Wildman–Crippen MR) is 72.5 cm³/mol. The molecule has 1 amide bonds. The zero-order chi connectivity index (χ0) is 13.7. The van der Waals surface area contributed by atoms with Crippen LogP contribution in [0.15, 0.2) is 24.3 Å². The van der Waals surface area contributed by atoms with Crippen LogP contribution in [0.5, 0.6) is 11.5 Å². The maximum atomic E-state index is 12.2. The first-order valence-electron chi connectivity index (χ1n) is 6.50. The van der Waals surface area contributed by atoms with Crippen LogP contribution in [-0.4, -0.2) is 50.7 Å². The zero-order valence-corrected chi connectivity index (χ0v) is 11.4. The summed E-state index contributed by atoms with van der Waals surface area (Å²) in [6.45, 7) is 1.87. The Morgan fingerprint density at radius 1 is 1.42 bits per heavy atom. The fraction of sp³-hybridized carbons (Fsp3) is 0.500. The molecule has 1 unspecified atom stereocenters. The molecule has 0 aromatic heterocycles. The van der Waals surface area contributed by atoms with Gasteiger partial charge in [-0.3, -0.25) is 4.79 Å². The summed E-state index contributed by atoms with van der Waals surface area (Å²) in [5, 5.41) is 3.06. The molecule has 1 aromatic carbocycles. The lowest BCUT2D eigenvalue weighted by atomic mass is 10.2. The molecular weight excluding hydrogens is 244 g/mol. The second kappa shape index (κ2) is 6.43. The Morgan fingerprint density at radius 2 is 2.16 bits per heavy atom. The molecule has 0 bridgehead atoms. The summed E-state index contributed by atoms with van der Waals surface area (Å²) >= 11 is 0.